The van der Waals surface area contributed by atoms with Gasteiger partial charge in [0.05, 0.1) is 5.75 Å². The highest BCUT2D eigenvalue weighted by atomic mass is 127. The Morgan fingerprint density at radius 2 is 2.50 bits per heavy atom. The van der Waals surface area contributed by atoms with Crippen LogP contribution >= 0.6 is 34.4 Å². The summed E-state index contributed by atoms with van der Waals surface area (Å²) in [6.07, 6.45) is 1.67. The second-order valence-corrected chi connectivity index (χ2v) is 4.15. The van der Waals surface area contributed by atoms with Crippen molar-refractivity contribution in [2.45, 2.75) is 4.90 Å². The third kappa shape index (κ3) is 3.40. The number of halogens is 1. The van der Waals surface area contributed by atoms with Crippen LogP contribution in [-0.2, 0) is 4.79 Å². The minimum Gasteiger partial charge on any atom is -0.481 e. The topological polar surface area (TPSA) is 50.2 Å². The largest absolute Gasteiger partial charge is 0.481 e. The van der Waals surface area contributed by atoms with Crippen LogP contribution in [0, 0.1) is 3.70 Å². The molecule has 0 aromatic carbocycles. The van der Waals surface area contributed by atoms with Gasteiger partial charge in [-0.15, -0.1) is 11.8 Å². The Bertz CT molecular complexity index is 292. The number of carboxylic acid groups (broad SMARTS) is 1. The molecule has 5 heteroatoms. The Kier molecular flexibility index (Phi) is 3.80. The summed E-state index contributed by atoms with van der Waals surface area (Å²) >= 11 is 3.39. The lowest BCUT2D eigenvalue weighted by atomic mass is 10.5. The fourth-order valence-electron chi connectivity index (χ4n) is 0.620. The molecule has 0 spiro atoms. The van der Waals surface area contributed by atoms with Gasteiger partial charge in [0.15, 0.2) is 0 Å². The van der Waals surface area contributed by atoms with E-state index < -0.39 is 5.97 Å². The summed E-state index contributed by atoms with van der Waals surface area (Å²) in [6, 6.07) is 3.66. The van der Waals surface area contributed by atoms with Crippen LogP contribution < -0.4 is 0 Å². The van der Waals surface area contributed by atoms with Gasteiger partial charge in [-0.3, -0.25) is 9.78 Å². The molecule has 1 N–H and O–H groups in total. The van der Waals surface area contributed by atoms with Gasteiger partial charge in [-0.2, -0.15) is 0 Å². The average Bonchev–Trinajstić information content (AvgIpc) is 2.01. The van der Waals surface area contributed by atoms with Gasteiger partial charge in [0, 0.05) is 11.1 Å². The summed E-state index contributed by atoms with van der Waals surface area (Å²) in [5.74, 6) is -0.702. The van der Waals surface area contributed by atoms with Gasteiger partial charge in [0.2, 0.25) is 0 Å². The lowest BCUT2D eigenvalue weighted by molar-refractivity contribution is -0.133. The highest BCUT2D eigenvalue weighted by Gasteiger charge is 1.99. The maximum Gasteiger partial charge on any atom is 0.313 e. The molecule has 0 bridgehead atoms. The maximum absolute atomic E-state index is 10.2. The number of pyridine rings is 1. The molecular formula is C7H6INO2S. The number of carbonyl (C=O) groups is 1. The molecule has 64 valence electrons. The molecule has 0 unspecified atom stereocenters. The maximum atomic E-state index is 10.2. The van der Waals surface area contributed by atoms with Crippen molar-refractivity contribution in [2.24, 2.45) is 0 Å². The van der Waals surface area contributed by atoms with Crippen molar-refractivity contribution < 1.29 is 9.90 Å². The van der Waals surface area contributed by atoms with Crippen LogP contribution in [0.2, 0.25) is 0 Å². The van der Waals surface area contributed by atoms with Gasteiger partial charge in [0.1, 0.15) is 3.70 Å². The molecule has 0 amide bonds. The fraction of sp³-hybridized carbons (Fsp3) is 0.143. The van der Waals surface area contributed by atoms with Crippen molar-refractivity contribution in [1.82, 2.24) is 4.98 Å². The van der Waals surface area contributed by atoms with Crippen molar-refractivity contribution in [2.75, 3.05) is 5.75 Å². The summed E-state index contributed by atoms with van der Waals surface area (Å²) < 4.78 is 0.878. The Morgan fingerprint density at radius 3 is 3.08 bits per heavy atom. The van der Waals surface area contributed by atoms with Crippen LogP contribution in [0.4, 0.5) is 0 Å². The molecule has 1 heterocycles. The first-order valence-corrected chi connectivity index (χ1v) is 5.21. The molecule has 0 saturated carbocycles. The third-order valence-electron chi connectivity index (χ3n) is 1.06. The Balaban J connectivity index is 2.57. The van der Waals surface area contributed by atoms with E-state index in [2.05, 4.69) is 27.6 Å². The zero-order valence-corrected chi connectivity index (χ0v) is 9.00. The molecule has 0 atom stereocenters. The third-order valence-corrected chi connectivity index (χ3v) is 2.63. The second-order valence-electron chi connectivity index (χ2n) is 2.00. The quantitative estimate of drug-likeness (QED) is 0.525. The molecular weight excluding hydrogens is 289 g/mol. The summed E-state index contributed by atoms with van der Waals surface area (Å²) in [6.45, 7) is 0. The standard InChI is InChI=1S/C7H6INO2S/c8-6-3-5(1-2-9-6)12-4-7(10)11/h1-3H,4H2,(H,10,11). The minimum atomic E-state index is -0.799. The van der Waals surface area contributed by atoms with Crippen LogP contribution in [0.1, 0.15) is 0 Å². The van der Waals surface area contributed by atoms with Crippen molar-refractivity contribution in [3.05, 3.63) is 22.0 Å². The molecule has 1 rings (SSSR count). The number of nitrogens with zero attached hydrogens (tertiary/aromatic N) is 1. The summed E-state index contributed by atoms with van der Waals surface area (Å²) in [5, 5.41) is 8.41. The van der Waals surface area contributed by atoms with Gasteiger partial charge >= 0.3 is 5.97 Å². The van der Waals surface area contributed by atoms with E-state index in [1.54, 1.807) is 12.3 Å². The molecule has 1 aromatic rings. The van der Waals surface area contributed by atoms with Gasteiger partial charge in [-0.25, -0.2) is 0 Å². The van der Waals surface area contributed by atoms with Crippen LogP contribution in [0.15, 0.2) is 23.2 Å². The lowest BCUT2D eigenvalue weighted by Crippen LogP contribution is -1.97. The highest BCUT2D eigenvalue weighted by molar-refractivity contribution is 14.1. The lowest BCUT2D eigenvalue weighted by Gasteiger charge is -1.97. The number of carboxylic acids is 1. The van der Waals surface area contributed by atoms with Crippen LogP contribution in [0.3, 0.4) is 0 Å². The summed E-state index contributed by atoms with van der Waals surface area (Å²) in [5.41, 5.74) is 0. The molecule has 1 aromatic heterocycles. The zero-order chi connectivity index (χ0) is 8.97. The van der Waals surface area contributed by atoms with E-state index in [-0.39, 0.29) is 5.75 Å². The number of hydrogen-bond donors (Lipinski definition) is 1. The van der Waals surface area contributed by atoms with Gasteiger partial charge < -0.3 is 5.11 Å². The normalized spacial score (nSPS) is 9.75. The number of aliphatic carboxylic acids is 1. The molecule has 0 aliphatic carbocycles. The smallest absolute Gasteiger partial charge is 0.313 e. The van der Waals surface area contributed by atoms with E-state index in [0.717, 1.165) is 8.60 Å². The van der Waals surface area contributed by atoms with E-state index >= 15 is 0 Å². The van der Waals surface area contributed by atoms with Crippen LogP contribution in [0.25, 0.3) is 0 Å². The van der Waals surface area contributed by atoms with Crippen molar-refractivity contribution >= 4 is 40.3 Å². The van der Waals surface area contributed by atoms with Crippen molar-refractivity contribution in [3.63, 3.8) is 0 Å². The molecule has 0 radical (unpaired) electrons. The predicted octanol–water partition coefficient (Wildman–Crippen LogP) is 1.86. The molecule has 0 aliphatic heterocycles. The van der Waals surface area contributed by atoms with Gasteiger partial charge in [-0.1, -0.05) is 0 Å². The van der Waals surface area contributed by atoms with E-state index in [1.165, 1.54) is 11.8 Å². The molecule has 12 heavy (non-hydrogen) atoms. The SMILES string of the molecule is O=C(O)CSc1ccnc(I)c1. The van der Waals surface area contributed by atoms with E-state index in [1.807, 2.05) is 6.07 Å². The van der Waals surface area contributed by atoms with Crippen molar-refractivity contribution in [3.8, 4) is 0 Å². The minimum absolute atomic E-state index is 0.0973. The second kappa shape index (κ2) is 4.66. The van der Waals surface area contributed by atoms with Gasteiger partial charge in [0.25, 0.3) is 0 Å². The van der Waals surface area contributed by atoms with Gasteiger partial charge in [-0.05, 0) is 34.7 Å². The van der Waals surface area contributed by atoms with E-state index in [9.17, 15) is 4.79 Å². The number of hydrogen-bond acceptors (Lipinski definition) is 3. The van der Waals surface area contributed by atoms with Crippen LogP contribution in [0.5, 0.6) is 0 Å². The van der Waals surface area contributed by atoms with E-state index in [4.69, 9.17) is 5.11 Å². The number of rotatable bonds is 3. The average molecular weight is 295 g/mol. The van der Waals surface area contributed by atoms with Crippen LogP contribution in [-0.4, -0.2) is 21.8 Å². The predicted molar refractivity (Wildman–Crippen MR) is 55.3 cm³/mol. The monoisotopic (exact) mass is 295 g/mol. The summed E-state index contributed by atoms with van der Waals surface area (Å²) in [4.78, 5) is 15.2. The first-order chi connectivity index (χ1) is 5.68. The zero-order valence-electron chi connectivity index (χ0n) is 6.03. The molecule has 0 aliphatic rings. The Hall–Kier alpha value is -0.300. The van der Waals surface area contributed by atoms with E-state index in [0.29, 0.717) is 0 Å². The number of thioether (sulfide) groups is 1. The van der Waals surface area contributed by atoms with Crippen molar-refractivity contribution in [1.29, 1.82) is 0 Å². The highest BCUT2D eigenvalue weighted by Crippen LogP contribution is 2.17. The molecule has 0 saturated heterocycles. The summed E-state index contributed by atoms with van der Waals surface area (Å²) in [7, 11) is 0. The molecule has 0 fully saturated rings. The fourth-order valence-corrected chi connectivity index (χ4v) is 1.97. The first-order valence-electron chi connectivity index (χ1n) is 3.14. The Morgan fingerprint density at radius 1 is 1.75 bits per heavy atom. The number of aromatic nitrogens is 1. The Labute approximate surface area is 87.7 Å². The first kappa shape index (κ1) is 9.79. The molecule has 3 nitrogen and oxygen atoms in total.